The van der Waals surface area contributed by atoms with Crippen LogP contribution < -0.4 is 14.8 Å². The van der Waals surface area contributed by atoms with Gasteiger partial charge >= 0.3 is 0 Å². The van der Waals surface area contributed by atoms with Crippen molar-refractivity contribution in [1.29, 1.82) is 0 Å². The third-order valence-corrected chi connectivity index (χ3v) is 8.23. The number of fused-ring (bicyclic) bond motifs is 1. The number of carbonyl (C=O) groups is 2. The maximum atomic E-state index is 13.1. The Morgan fingerprint density at radius 2 is 1.62 bits per heavy atom. The van der Waals surface area contributed by atoms with E-state index in [0.29, 0.717) is 37.8 Å². The summed E-state index contributed by atoms with van der Waals surface area (Å²) in [4.78, 5) is 26.5. The molecule has 10 heteroatoms. The van der Waals surface area contributed by atoms with Gasteiger partial charge in [0.1, 0.15) is 0 Å². The van der Waals surface area contributed by atoms with Gasteiger partial charge in [0.15, 0.2) is 11.5 Å². The van der Waals surface area contributed by atoms with Crippen molar-refractivity contribution in [3.8, 4) is 11.5 Å². The van der Waals surface area contributed by atoms with Gasteiger partial charge in [-0.25, -0.2) is 8.42 Å². The first kappa shape index (κ1) is 22.8. The van der Waals surface area contributed by atoms with Crippen LogP contribution in [0.15, 0.2) is 23.1 Å². The molecule has 32 heavy (non-hydrogen) atoms. The molecule has 0 aromatic heterocycles. The van der Waals surface area contributed by atoms with Gasteiger partial charge in [-0.1, -0.05) is 19.3 Å². The molecule has 9 nitrogen and oxygen atoms in total. The van der Waals surface area contributed by atoms with Gasteiger partial charge in [-0.2, -0.15) is 4.31 Å². The Morgan fingerprint density at radius 1 is 0.938 bits per heavy atom. The Labute approximate surface area is 189 Å². The molecule has 1 N–H and O–H groups in total. The smallest absolute Gasteiger partial charge is 0.243 e. The zero-order valence-corrected chi connectivity index (χ0v) is 19.1. The highest BCUT2D eigenvalue weighted by molar-refractivity contribution is 7.89. The van der Waals surface area contributed by atoms with E-state index in [0.717, 1.165) is 32.1 Å². The van der Waals surface area contributed by atoms with E-state index in [9.17, 15) is 18.0 Å². The van der Waals surface area contributed by atoms with Crippen molar-refractivity contribution < 1.29 is 27.5 Å². The molecule has 0 spiro atoms. The summed E-state index contributed by atoms with van der Waals surface area (Å²) < 4.78 is 38.8. The van der Waals surface area contributed by atoms with Crippen molar-refractivity contribution in [1.82, 2.24) is 14.5 Å². The Hall–Kier alpha value is -2.33. The van der Waals surface area contributed by atoms with Crippen LogP contribution in [0.3, 0.4) is 0 Å². The zero-order chi connectivity index (χ0) is 22.6. The molecule has 0 atom stereocenters. The van der Waals surface area contributed by atoms with E-state index in [2.05, 4.69) is 5.32 Å². The molecule has 0 unspecified atom stereocenters. The molecule has 1 aromatic carbocycles. The standard InChI is InChI=1S/C22H31N3O6S/c26-21(16-23-22(27)17-5-2-1-3-6-17)24-9-11-25(12-10-24)32(28,29)18-7-8-19-20(15-18)31-14-4-13-30-19/h7-8,15,17H,1-6,9-14,16H2,(H,23,27). The number of nitrogens with zero attached hydrogens (tertiary/aromatic N) is 2. The summed E-state index contributed by atoms with van der Waals surface area (Å²) in [6, 6.07) is 4.66. The molecular formula is C22H31N3O6S. The first-order valence-electron chi connectivity index (χ1n) is 11.4. The van der Waals surface area contributed by atoms with Crippen molar-refractivity contribution in [3.63, 3.8) is 0 Å². The average molecular weight is 466 g/mol. The minimum atomic E-state index is -3.71. The van der Waals surface area contributed by atoms with Crippen molar-refractivity contribution in [2.45, 2.75) is 43.4 Å². The molecule has 3 aliphatic rings. The van der Waals surface area contributed by atoms with Crippen LogP contribution in [0.2, 0.25) is 0 Å². The number of ether oxygens (including phenoxy) is 2. The fourth-order valence-corrected chi connectivity index (χ4v) is 5.85. The maximum absolute atomic E-state index is 13.1. The highest BCUT2D eigenvalue weighted by atomic mass is 32.2. The molecule has 176 valence electrons. The number of rotatable bonds is 5. The van der Waals surface area contributed by atoms with Crippen LogP contribution in [-0.4, -0.2) is 75.4 Å². The second-order valence-electron chi connectivity index (χ2n) is 8.50. The number of hydrogen-bond donors (Lipinski definition) is 1. The van der Waals surface area contributed by atoms with Crippen LogP contribution in [0, 0.1) is 5.92 Å². The van der Waals surface area contributed by atoms with Gasteiger partial charge in [0.2, 0.25) is 21.8 Å². The quantitative estimate of drug-likeness (QED) is 0.704. The number of hydrogen-bond acceptors (Lipinski definition) is 6. The van der Waals surface area contributed by atoms with Gasteiger partial charge < -0.3 is 19.7 Å². The average Bonchev–Trinajstić information content (AvgIpc) is 3.08. The van der Waals surface area contributed by atoms with Gasteiger partial charge in [-0.3, -0.25) is 9.59 Å². The van der Waals surface area contributed by atoms with Gasteiger partial charge in [0.05, 0.1) is 24.7 Å². The lowest BCUT2D eigenvalue weighted by Crippen LogP contribution is -2.52. The predicted molar refractivity (Wildman–Crippen MR) is 117 cm³/mol. The largest absolute Gasteiger partial charge is 0.490 e. The fourth-order valence-electron chi connectivity index (χ4n) is 4.41. The molecule has 1 saturated heterocycles. The van der Waals surface area contributed by atoms with E-state index in [-0.39, 0.29) is 42.3 Å². The Morgan fingerprint density at radius 3 is 2.34 bits per heavy atom. The SMILES string of the molecule is O=C(NCC(=O)N1CCN(S(=O)(=O)c2ccc3c(c2)OCCCO3)CC1)C1CCCCC1. The molecule has 0 radical (unpaired) electrons. The van der Waals surface area contributed by atoms with Crippen LogP contribution in [0.4, 0.5) is 0 Å². The monoisotopic (exact) mass is 465 g/mol. The van der Waals surface area contributed by atoms with E-state index in [4.69, 9.17) is 9.47 Å². The predicted octanol–water partition coefficient (Wildman–Crippen LogP) is 1.38. The summed E-state index contributed by atoms with van der Waals surface area (Å²) in [5, 5.41) is 2.76. The molecule has 1 aromatic rings. The van der Waals surface area contributed by atoms with E-state index in [1.165, 1.54) is 22.9 Å². The number of benzene rings is 1. The van der Waals surface area contributed by atoms with Crippen LogP contribution in [0.5, 0.6) is 11.5 Å². The van der Waals surface area contributed by atoms with Crippen molar-refractivity contribution in [3.05, 3.63) is 18.2 Å². The number of nitrogens with one attached hydrogen (secondary N) is 1. The molecule has 2 heterocycles. The highest BCUT2D eigenvalue weighted by Gasteiger charge is 2.31. The van der Waals surface area contributed by atoms with Gasteiger partial charge in [0, 0.05) is 44.6 Å². The van der Waals surface area contributed by atoms with Crippen LogP contribution in [0.1, 0.15) is 38.5 Å². The number of piperazine rings is 1. The third kappa shape index (κ3) is 5.17. The molecule has 4 rings (SSSR count). The molecule has 1 saturated carbocycles. The Balaban J connectivity index is 1.30. The lowest BCUT2D eigenvalue weighted by atomic mass is 9.89. The fraction of sp³-hybridized carbons (Fsp3) is 0.636. The second-order valence-corrected chi connectivity index (χ2v) is 10.4. The van der Waals surface area contributed by atoms with E-state index in [1.54, 1.807) is 11.0 Å². The molecule has 2 fully saturated rings. The zero-order valence-electron chi connectivity index (χ0n) is 18.3. The summed E-state index contributed by atoms with van der Waals surface area (Å²) in [7, 11) is -3.71. The summed E-state index contributed by atoms with van der Waals surface area (Å²) in [6.07, 6.45) is 5.81. The van der Waals surface area contributed by atoms with Crippen LogP contribution in [0.25, 0.3) is 0 Å². The minimum absolute atomic E-state index is 0.00818. The lowest BCUT2D eigenvalue weighted by Gasteiger charge is -2.34. The van der Waals surface area contributed by atoms with E-state index < -0.39 is 10.0 Å². The molecular weight excluding hydrogens is 434 g/mol. The topological polar surface area (TPSA) is 105 Å². The van der Waals surface area contributed by atoms with E-state index in [1.807, 2.05) is 0 Å². The molecule has 2 amide bonds. The van der Waals surface area contributed by atoms with Crippen molar-refractivity contribution in [2.75, 3.05) is 45.9 Å². The van der Waals surface area contributed by atoms with E-state index >= 15 is 0 Å². The molecule has 2 aliphatic heterocycles. The Bertz CT molecular complexity index is 937. The highest BCUT2D eigenvalue weighted by Crippen LogP contribution is 2.33. The number of carbonyl (C=O) groups excluding carboxylic acids is 2. The van der Waals surface area contributed by atoms with Gasteiger partial charge in [0.25, 0.3) is 0 Å². The normalized spacial score (nSPS) is 20.4. The van der Waals surface area contributed by atoms with Crippen LogP contribution in [-0.2, 0) is 19.6 Å². The summed E-state index contributed by atoms with van der Waals surface area (Å²) in [5.74, 6) is 0.766. The first-order chi connectivity index (χ1) is 15.4. The first-order valence-corrected chi connectivity index (χ1v) is 12.8. The van der Waals surface area contributed by atoms with Crippen molar-refractivity contribution in [2.24, 2.45) is 5.92 Å². The summed E-state index contributed by atoms with van der Waals surface area (Å²) in [6.45, 7) is 1.98. The van der Waals surface area contributed by atoms with Crippen LogP contribution >= 0.6 is 0 Å². The number of amides is 2. The Kier molecular flexibility index (Phi) is 7.20. The van der Waals surface area contributed by atoms with Crippen molar-refractivity contribution >= 4 is 21.8 Å². The summed E-state index contributed by atoms with van der Waals surface area (Å²) >= 11 is 0. The minimum Gasteiger partial charge on any atom is -0.490 e. The summed E-state index contributed by atoms with van der Waals surface area (Å²) in [5.41, 5.74) is 0. The van der Waals surface area contributed by atoms with Gasteiger partial charge in [-0.05, 0) is 25.0 Å². The second kappa shape index (κ2) is 10.1. The van der Waals surface area contributed by atoms with Gasteiger partial charge in [-0.15, -0.1) is 0 Å². The third-order valence-electron chi connectivity index (χ3n) is 6.34. The maximum Gasteiger partial charge on any atom is 0.243 e. The molecule has 0 bridgehead atoms. The molecule has 1 aliphatic carbocycles. The lowest BCUT2D eigenvalue weighted by molar-refractivity contribution is -0.135. The number of sulfonamides is 1.